The molecule has 1 N–H and O–H groups in total. The minimum atomic E-state index is -0.548. The van der Waals surface area contributed by atoms with Gasteiger partial charge in [0, 0.05) is 15.4 Å². The van der Waals surface area contributed by atoms with E-state index in [1.165, 1.54) is 0 Å². The van der Waals surface area contributed by atoms with Crippen LogP contribution >= 0.6 is 11.8 Å². The van der Waals surface area contributed by atoms with Crippen molar-refractivity contribution in [1.29, 1.82) is 0 Å². The van der Waals surface area contributed by atoms with Gasteiger partial charge in [-0.2, -0.15) is 0 Å². The van der Waals surface area contributed by atoms with Crippen molar-refractivity contribution < 1.29 is 14.8 Å². The van der Waals surface area contributed by atoms with Crippen molar-refractivity contribution in [2.75, 3.05) is 0 Å². The first-order valence-electron chi connectivity index (χ1n) is 6.32. The number of oxime groups is 1. The molecule has 1 atom stereocenters. The van der Waals surface area contributed by atoms with Crippen molar-refractivity contribution in [2.45, 2.75) is 15.7 Å². The maximum Gasteiger partial charge on any atom is 0.189 e. The molecular formula is C16H11NO3S. The third-order valence-corrected chi connectivity index (χ3v) is 4.58. The molecule has 1 aliphatic heterocycles. The highest BCUT2D eigenvalue weighted by Crippen LogP contribution is 2.46. The van der Waals surface area contributed by atoms with E-state index in [1.807, 2.05) is 30.3 Å². The van der Waals surface area contributed by atoms with Crippen molar-refractivity contribution in [3.8, 4) is 0 Å². The van der Waals surface area contributed by atoms with Crippen LogP contribution in [0.25, 0.3) is 0 Å². The van der Waals surface area contributed by atoms with Crippen molar-refractivity contribution in [2.24, 2.45) is 5.16 Å². The predicted molar refractivity (Wildman–Crippen MR) is 79.5 cm³/mol. The van der Waals surface area contributed by atoms with Crippen LogP contribution in [0.1, 0.15) is 27.4 Å². The van der Waals surface area contributed by atoms with Gasteiger partial charge in [0.25, 0.3) is 0 Å². The van der Waals surface area contributed by atoms with E-state index >= 15 is 0 Å². The molecule has 1 unspecified atom stereocenters. The lowest BCUT2D eigenvalue weighted by Gasteiger charge is -2.26. The summed E-state index contributed by atoms with van der Waals surface area (Å²) in [7, 11) is 0. The molecule has 5 heteroatoms. The number of carbonyl (C=O) groups excluding carboxylic acids is 2. The second kappa shape index (κ2) is 5.54. The molecule has 0 aliphatic carbocycles. The average Bonchev–Trinajstić information content (AvgIpc) is 2.52. The fourth-order valence-electron chi connectivity index (χ4n) is 2.49. The summed E-state index contributed by atoms with van der Waals surface area (Å²) in [4.78, 5) is 25.2. The van der Waals surface area contributed by atoms with Crippen LogP contribution in [0.5, 0.6) is 0 Å². The van der Waals surface area contributed by atoms with Gasteiger partial charge in [-0.3, -0.25) is 9.59 Å². The van der Waals surface area contributed by atoms with E-state index in [0.29, 0.717) is 5.56 Å². The summed E-state index contributed by atoms with van der Waals surface area (Å²) in [5, 5.41) is 11.5. The summed E-state index contributed by atoms with van der Waals surface area (Å²) in [6.07, 6.45) is 1.67. The number of hydrogen-bond donors (Lipinski definition) is 1. The number of aldehydes is 1. The van der Waals surface area contributed by atoms with E-state index in [4.69, 9.17) is 5.21 Å². The van der Waals surface area contributed by atoms with Crippen molar-refractivity contribution in [1.82, 2.24) is 0 Å². The standard InChI is InChI=1S/C16H11NO3S/c18-9-10-5-6-15-12(7-10)16(13(19)8-17-20)11-3-1-2-4-14(11)21-15/h1-9,16,20H. The predicted octanol–water partition coefficient (Wildman–Crippen LogP) is 3.12. The maximum absolute atomic E-state index is 12.3. The zero-order chi connectivity index (χ0) is 14.8. The van der Waals surface area contributed by atoms with Crippen LogP contribution in [-0.4, -0.2) is 23.5 Å². The minimum Gasteiger partial charge on any atom is -0.411 e. The Hall–Kier alpha value is -2.40. The number of fused-ring (bicyclic) bond motifs is 2. The number of ketones is 1. The SMILES string of the molecule is O=Cc1ccc2c(c1)C(C(=O)C=NO)c1ccccc1S2. The monoisotopic (exact) mass is 297 g/mol. The molecule has 0 amide bonds. The van der Waals surface area contributed by atoms with Crippen LogP contribution in [-0.2, 0) is 4.79 Å². The number of nitrogens with zero attached hydrogens (tertiary/aromatic N) is 1. The quantitative estimate of drug-likeness (QED) is 0.409. The summed E-state index contributed by atoms with van der Waals surface area (Å²) >= 11 is 1.57. The van der Waals surface area contributed by atoms with E-state index in [9.17, 15) is 9.59 Å². The van der Waals surface area contributed by atoms with Gasteiger partial charge in [0.05, 0.1) is 5.92 Å². The van der Waals surface area contributed by atoms with Crippen molar-refractivity contribution in [3.63, 3.8) is 0 Å². The van der Waals surface area contributed by atoms with Crippen LogP contribution in [0.3, 0.4) is 0 Å². The number of benzene rings is 2. The Morgan fingerprint density at radius 1 is 1.14 bits per heavy atom. The maximum atomic E-state index is 12.3. The Balaban J connectivity index is 2.21. The fraction of sp³-hybridized carbons (Fsp3) is 0.0625. The molecule has 4 nitrogen and oxygen atoms in total. The lowest BCUT2D eigenvalue weighted by atomic mass is 9.86. The third kappa shape index (κ3) is 2.36. The molecule has 0 fully saturated rings. The first kappa shape index (κ1) is 13.6. The van der Waals surface area contributed by atoms with Gasteiger partial charge in [-0.1, -0.05) is 41.2 Å². The summed E-state index contributed by atoms with van der Waals surface area (Å²) < 4.78 is 0. The molecule has 104 valence electrons. The third-order valence-electron chi connectivity index (χ3n) is 3.40. The van der Waals surface area contributed by atoms with Crippen LogP contribution in [0.4, 0.5) is 0 Å². The molecule has 2 aromatic carbocycles. The molecule has 0 aromatic heterocycles. The second-order valence-corrected chi connectivity index (χ2v) is 5.72. The Labute approximate surface area is 125 Å². The first-order valence-corrected chi connectivity index (χ1v) is 7.13. The molecule has 1 aliphatic rings. The lowest BCUT2D eigenvalue weighted by Crippen LogP contribution is -2.19. The number of hydrogen-bond acceptors (Lipinski definition) is 5. The van der Waals surface area contributed by atoms with Crippen LogP contribution in [0.15, 0.2) is 57.4 Å². The molecule has 0 saturated carbocycles. The van der Waals surface area contributed by atoms with E-state index in [2.05, 4.69) is 5.16 Å². The van der Waals surface area contributed by atoms with E-state index in [-0.39, 0.29) is 5.78 Å². The molecular weight excluding hydrogens is 286 g/mol. The van der Waals surface area contributed by atoms with Gasteiger partial charge < -0.3 is 5.21 Å². The van der Waals surface area contributed by atoms with Crippen LogP contribution in [0, 0.1) is 0 Å². The molecule has 21 heavy (non-hydrogen) atoms. The van der Waals surface area contributed by atoms with Crippen molar-refractivity contribution >= 4 is 30.0 Å². The Morgan fingerprint density at radius 3 is 2.67 bits per heavy atom. The minimum absolute atomic E-state index is 0.311. The van der Waals surface area contributed by atoms with Crippen molar-refractivity contribution in [3.05, 3.63) is 59.2 Å². The lowest BCUT2D eigenvalue weighted by molar-refractivity contribution is -0.113. The van der Waals surface area contributed by atoms with Gasteiger partial charge in [-0.15, -0.1) is 0 Å². The van der Waals surface area contributed by atoms with Gasteiger partial charge in [0.15, 0.2) is 5.78 Å². The second-order valence-electron chi connectivity index (χ2n) is 4.63. The summed E-state index contributed by atoms with van der Waals surface area (Å²) in [5.74, 6) is -0.859. The molecule has 2 aromatic rings. The molecule has 3 rings (SSSR count). The van der Waals surface area contributed by atoms with Gasteiger partial charge in [-0.25, -0.2) is 0 Å². The largest absolute Gasteiger partial charge is 0.411 e. The Morgan fingerprint density at radius 2 is 1.90 bits per heavy atom. The van der Waals surface area contributed by atoms with Gasteiger partial charge in [-0.05, 0) is 29.3 Å². The zero-order valence-electron chi connectivity index (χ0n) is 10.9. The molecule has 0 radical (unpaired) electrons. The zero-order valence-corrected chi connectivity index (χ0v) is 11.7. The summed E-state index contributed by atoms with van der Waals surface area (Å²) in [6.45, 7) is 0. The smallest absolute Gasteiger partial charge is 0.189 e. The molecule has 0 spiro atoms. The summed E-state index contributed by atoms with van der Waals surface area (Å²) in [5.41, 5.74) is 2.16. The van der Waals surface area contributed by atoms with Crippen LogP contribution in [0.2, 0.25) is 0 Å². The number of rotatable bonds is 3. The highest BCUT2D eigenvalue weighted by molar-refractivity contribution is 7.99. The number of Topliss-reactive ketones (excluding diaryl/α,β-unsaturated/α-hetero) is 1. The van der Waals surface area contributed by atoms with Crippen LogP contribution < -0.4 is 0 Å². The molecule has 1 heterocycles. The Kier molecular flexibility index (Phi) is 3.58. The first-order chi connectivity index (χ1) is 10.2. The van der Waals surface area contributed by atoms with Gasteiger partial charge in [0.2, 0.25) is 0 Å². The van der Waals surface area contributed by atoms with E-state index < -0.39 is 5.92 Å². The van der Waals surface area contributed by atoms with Gasteiger partial charge >= 0.3 is 0 Å². The Bertz CT molecular complexity index is 755. The topological polar surface area (TPSA) is 66.7 Å². The number of carbonyl (C=O) groups is 2. The highest BCUT2D eigenvalue weighted by Gasteiger charge is 2.30. The normalized spacial score (nSPS) is 16.3. The van der Waals surface area contributed by atoms with E-state index in [0.717, 1.165) is 33.4 Å². The molecule has 0 bridgehead atoms. The van der Waals surface area contributed by atoms with Gasteiger partial charge in [0.1, 0.15) is 12.5 Å². The van der Waals surface area contributed by atoms with E-state index in [1.54, 1.807) is 23.9 Å². The highest BCUT2D eigenvalue weighted by atomic mass is 32.2. The molecule has 0 saturated heterocycles. The summed E-state index contributed by atoms with van der Waals surface area (Å²) in [6, 6.07) is 12.9. The average molecular weight is 297 g/mol. The fourth-order valence-corrected chi connectivity index (χ4v) is 3.61.